The van der Waals surface area contributed by atoms with Gasteiger partial charge in [0.2, 0.25) is 5.91 Å². The summed E-state index contributed by atoms with van der Waals surface area (Å²) < 4.78 is 0. The summed E-state index contributed by atoms with van der Waals surface area (Å²) in [5, 5.41) is 2.52. The fourth-order valence-electron chi connectivity index (χ4n) is 0.862. The molecule has 0 aromatic carbocycles. The third kappa shape index (κ3) is 3.29. The van der Waals surface area contributed by atoms with Crippen LogP contribution in [0, 0.1) is 0 Å². The zero-order valence-corrected chi connectivity index (χ0v) is 8.10. The van der Waals surface area contributed by atoms with Crippen molar-refractivity contribution in [3.8, 4) is 0 Å². The van der Waals surface area contributed by atoms with Crippen molar-refractivity contribution in [2.75, 3.05) is 12.8 Å². The molecule has 1 aromatic rings. The first-order valence-corrected chi connectivity index (χ1v) is 3.64. The first kappa shape index (κ1) is 11.7. The minimum absolute atomic E-state index is 0. The van der Waals surface area contributed by atoms with Crippen molar-refractivity contribution < 1.29 is 4.79 Å². The Hall–Kier alpha value is -1.29. The number of nitrogen functional groups attached to an aromatic ring is 1. The number of amides is 1. The molecule has 5 heteroatoms. The van der Waals surface area contributed by atoms with Crippen LogP contribution in [0.2, 0.25) is 0 Å². The quantitative estimate of drug-likeness (QED) is 0.727. The molecule has 0 saturated heterocycles. The number of hydrogen-bond donors (Lipinski definition) is 2. The minimum Gasteiger partial charge on any atom is -0.383 e. The lowest BCUT2D eigenvalue weighted by molar-refractivity contribution is -0.119. The van der Waals surface area contributed by atoms with Gasteiger partial charge in [-0.2, -0.15) is 0 Å². The van der Waals surface area contributed by atoms with Crippen LogP contribution in [0.25, 0.3) is 0 Å². The van der Waals surface area contributed by atoms with Crippen molar-refractivity contribution in [2.45, 2.75) is 6.42 Å². The number of pyridine rings is 1. The van der Waals surface area contributed by atoms with E-state index in [1.54, 1.807) is 25.4 Å². The average Bonchev–Trinajstić information content (AvgIpc) is 2.09. The summed E-state index contributed by atoms with van der Waals surface area (Å²) in [5.41, 5.74) is 6.29. The van der Waals surface area contributed by atoms with Gasteiger partial charge in [0.1, 0.15) is 5.82 Å². The van der Waals surface area contributed by atoms with E-state index in [9.17, 15) is 4.79 Å². The molecule has 1 heterocycles. The highest BCUT2D eigenvalue weighted by molar-refractivity contribution is 5.85. The van der Waals surface area contributed by atoms with E-state index in [1.165, 1.54) is 0 Å². The van der Waals surface area contributed by atoms with Gasteiger partial charge in [-0.05, 0) is 6.07 Å². The summed E-state index contributed by atoms with van der Waals surface area (Å²) in [5.74, 6) is 0.357. The molecule has 4 nitrogen and oxygen atoms in total. The Balaban J connectivity index is 0.00000144. The highest BCUT2D eigenvalue weighted by atomic mass is 35.5. The molecule has 0 unspecified atom stereocenters. The van der Waals surface area contributed by atoms with Gasteiger partial charge in [-0.1, -0.05) is 6.07 Å². The molecule has 0 fully saturated rings. The Morgan fingerprint density at radius 3 is 2.92 bits per heavy atom. The molecule has 3 N–H and O–H groups in total. The Bertz CT molecular complexity index is 290. The molecular formula is C8H12ClN3O. The lowest BCUT2D eigenvalue weighted by Gasteiger charge is -2.01. The molecule has 1 aromatic heterocycles. The van der Waals surface area contributed by atoms with E-state index in [4.69, 9.17) is 5.73 Å². The number of carbonyl (C=O) groups is 1. The van der Waals surface area contributed by atoms with Crippen LogP contribution in [-0.4, -0.2) is 17.9 Å². The van der Waals surface area contributed by atoms with Crippen LogP contribution < -0.4 is 11.1 Å². The first-order chi connectivity index (χ1) is 5.74. The molecule has 0 saturated carbocycles. The van der Waals surface area contributed by atoms with Crippen LogP contribution in [0.4, 0.5) is 5.82 Å². The van der Waals surface area contributed by atoms with Crippen LogP contribution in [0.1, 0.15) is 5.56 Å². The summed E-state index contributed by atoms with van der Waals surface area (Å²) in [4.78, 5) is 14.8. The van der Waals surface area contributed by atoms with Gasteiger partial charge in [0.15, 0.2) is 0 Å². The highest BCUT2D eigenvalue weighted by Crippen LogP contribution is 2.06. The monoisotopic (exact) mass is 201 g/mol. The molecule has 0 spiro atoms. The Morgan fingerprint density at radius 1 is 1.69 bits per heavy atom. The number of hydrogen-bond acceptors (Lipinski definition) is 3. The number of anilines is 1. The summed E-state index contributed by atoms with van der Waals surface area (Å²) in [7, 11) is 1.59. The number of nitrogens with zero attached hydrogens (tertiary/aromatic N) is 1. The molecule has 1 amide bonds. The zero-order valence-electron chi connectivity index (χ0n) is 7.28. The van der Waals surface area contributed by atoms with E-state index in [0.29, 0.717) is 5.82 Å². The maximum absolute atomic E-state index is 10.9. The van der Waals surface area contributed by atoms with Crippen molar-refractivity contribution >= 4 is 24.1 Å². The third-order valence-electron chi connectivity index (χ3n) is 1.56. The molecule has 1 rings (SSSR count). The number of nitrogens with two attached hydrogens (primary N) is 1. The number of aromatic nitrogens is 1. The SMILES string of the molecule is CNC(=O)Cc1cccnc1N.Cl. The van der Waals surface area contributed by atoms with Gasteiger partial charge < -0.3 is 11.1 Å². The van der Waals surface area contributed by atoms with Gasteiger partial charge in [-0.3, -0.25) is 4.79 Å². The second kappa shape index (κ2) is 5.37. The van der Waals surface area contributed by atoms with E-state index in [0.717, 1.165) is 5.56 Å². The summed E-state index contributed by atoms with van der Waals surface area (Å²) in [6, 6.07) is 3.55. The van der Waals surface area contributed by atoms with E-state index in [-0.39, 0.29) is 24.7 Å². The molecule has 0 bridgehead atoms. The van der Waals surface area contributed by atoms with Gasteiger partial charge in [0.25, 0.3) is 0 Å². The maximum atomic E-state index is 10.9. The predicted molar refractivity (Wildman–Crippen MR) is 53.7 cm³/mol. The molecule has 0 aliphatic heterocycles. The number of carbonyl (C=O) groups excluding carboxylic acids is 1. The second-order valence-corrected chi connectivity index (χ2v) is 2.40. The Labute approximate surface area is 83.0 Å². The van der Waals surface area contributed by atoms with Gasteiger partial charge in [-0.15, -0.1) is 12.4 Å². The van der Waals surface area contributed by atoms with Crippen LogP contribution in [-0.2, 0) is 11.2 Å². The van der Waals surface area contributed by atoms with Gasteiger partial charge in [-0.25, -0.2) is 4.98 Å². The first-order valence-electron chi connectivity index (χ1n) is 3.64. The van der Waals surface area contributed by atoms with Crippen molar-refractivity contribution in [2.24, 2.45) is 0 Å². The van der Waals surface area contributed by atoms with E-state index in [2.05, 4.69) is 10.3 Å². The lowest BCUT2D eigenvalue weighted by atomic mass is 10.2. The number of halogens is 1. The van der Waals surface area contributed by atoms with E-state index in [1.807, 2.05) is 0 Å². The van der Waals surface area contributed by atoms with Crippen LogP contribution in [0.3, 0.4) is 0 Å². The molecule has 0 aliphatic rings. The van der Waals surface area contributed by atoms with E-state index < -0.39 is 0 Å². The topological polar surface area (TPSA) is 68.0 Å². The Kier molecular flexibility index (Phi) is 4.84. The van der Waals surface area contributed by atoms with Crippen molar-refractivity contribution in [3.63, 3.8) is 0 Å². The number of nitrogens with one attached hydrogen (secondary N) is 1. The third-order valence-corrected chi connectivity index (χ3v) is 1.56. The smallest absolute Gasteiger partial charge is 0.224 e. The Morgan fingerprint density at radius 2 is 2.38 bits per heavy atom. The summed E-state index contributed by atoms with van der Waals surface area (Å²) in [6.45, 7) is 0. The van der Waals surface area contributed by atoms with Gasteiger partial charge >= 0.3 is 0 Å². The summed E-state index contributed by atoms with van der Waals surface area (Å²) in [6.07, 6.45) is 1.89. The number of rotatable bonds is 2. The largest absolute Gasteiger partial charge is 0.383 e. The van der Waals surface area contributed by atoms with Crippen molar-refractivity contribution in [1.82, 2.24) is 10.3 Å². The lowest BCUT2D eigenvalue weighted by Crippen LogP contribution is -2.20. The predicted octanol–water partition coefficient (Wildman–Crippen LogP) is 0.374. The van der Waals surface area contributed by atoms with E-state index >= 15 is 0 Å². The normalized spacial score (nSPS) is 8.69. The standard InChI is InChI=1S/C8H11N3O.ClH/c1-10-7(12)5-6-3-2-4-11-8(6)9;/h2-4H,5H2,1H3,(H2,9,11)(H,10,12);1H. The molecule has 0 atom stereocenters. The molecule has 72 valence electrons. The number of likely N-dealkylation sites (N-methyl/N-ethyl adjacent to an activating group) is 1. The maximum Gasteiger partial charge on any atom is 0.224 e. The second-order valence-electron chi connectivity index (χ2n) is 2.40. The van der Waals surface area contributed by atoms with Crippen LogP contribution >= 0.6 is 12.4 Å². The highest BCUT2D eigenvalue weighted by Gasteiger charge is 2.03. The molecule has 0 aliphatic carbocycles. The van der Waals surface area contributed by atoms with Crippen molar-refractivity contribution in [1.29, 1.82) is 0 Å². The fraction of sp³-hybridized carbons (Fsp3) is 0.250. The molecule has 0 radical (unpaired) electrons. The van der Waals surface area contributed by atoms with Crippen LogP contribution in [0.15, 0.2) is 18.3 Å². The summed E-state index contributed by atoms with van der Waals surface area (Å²) >= 11 is 0. The fourth-order valence-corrected chi connectivity index (χ4v) is 0.862. The molecule has 13 heavy (non-hydrogen) atoms. The molecular weight excluding hydrogens is 190 g/mol. The van der Waals surface area contributed by atoms with Crippen LogP contribution in [0.5, 0.6) is 0 Å². The van der Waals surface area contributed by atoms with Crippen molar-refractivity contribution in [3.05, 3.63) is 23.9 Å². The zero-order chi connectivity index (χ0) is 8.97. The average molecular weight is 202 g/mol. The minimum atomic E-state index is -0.0605. The van der Waals surface area contributed by atoms with Gasteiger partial charge in [0, 0.05) is 18.8 Å². The van der Waals surface area contributed by atoms with Gasteiger partial charge in [0.05, 0.1) is 6.42 Å².